The maximum absolute atomic E-state index is 14.2. The van der Waals surface area contributed by atoms with Gasteiger partial charge in [-0.25, -0.2) is 14.2 Å². The van der Waals surface area contributed by atoms with Gasteiger partial charge < -0.3 is 9.47 Å². The second kappa shape index (κ2) is 9.82. The summed E-state index contributed by atoms with van der Waals surface area (Å²) in [7, 11) is 1.51. The van der Waals surface area contributed by atoms with E-state index in [1.807, 2.05) is 0 Å². The zero-order valence-electron chi connectivity index (χ0n) is 17.9. The van der Waals surface area contributed by atoms with E-state index in [1.54, 1.807) is 49.4 Å². The molecule has 0 unspecified atom stereocenters. The van der Waals surface area contributed by atoms with Crippen LogP contribution in [0, 0.1) is 5.82 Å². The lowest BCUT2D eigenvalue weighted by atomic mass is 9.96. The summed E-state index contributed by atoms with van der Waals surface area (Å²) < 4.78 is 26.2. The number of ether oxygens (including phenoxy) is 2. The molecule has 0 amide bonds. The van der Waals surface area contributed by atoms with Gasteiger partial charge in [-0.3, -0.25) is 9.36 Å². The van der Waals surface area contributed by atoms with E-state index < -0.39 is 23.4 Å². The van der Waals surface area contributed by atoms with Crippen molar-refractivity contribution in [2.45, 2.75) is 13.0 Å². The van der Waals surface area contributed by atoms with Crippen LogP contribution < -0.4 is 14.9 Å². The molecule has 0 aliphatic carbocycles. The highest BCUT2D eigenvalue weighted by atomic mass is 35.5. The molecule has 1 aromatic heterocycles. The maximum Gasteiger partial charge on any atom is 0.338 e. The first-order valence-electron chi connectivity index (χ1n) is 10.1. The number of rotatable bonds is 6. The van der Waals surface area contributed by atoms with Gasteiger partial charge in [0.1, 0.15) is 18.5 Å². The summed E-state index contributed by atoms with van der Waals surface area (Å²) in [5, 5.41) is 0.392. The van der Waals surface area contributed by atoms with Gasteiger partial charge in [-0.05, 0) is 30.7 Å². The van der Waals surface area contributed by atoms with Crippen molar-refractivity contribution in [1.29, 1.82) is 0 Å². The number of benzene rings is 2. The molecule has 2 heterocycles. The number of methoxy groups -OCH3 is 1. The second-order valence-electron chi connectivity index (χ2n) is 7.25. The molecule has 6 nitrogen and oxygen atoms in total. The van der Waals surface area contributed by atoms with Crippen LogP contribution in [0.3, 0.4) is 0 Å². The minimum Gasteiger partial charge on any atom is -0.460 e. The minimum absolute atomic E-state index is 0.0546. The second-order valence-corrected chi connectivity index (χ2v) is 8.67. The Hall–Kier alpha value is -3.07. The smallest absolute Gasteiger partial charge is 0.338 e. The molecular formula is C24H20ClFN2O4S. The number of carbonyl (C=O) groups is 1. The summed E-state index contributed by atoms with van der Waals surface area (Å²) in [6.07, 6.45) is 1.48. The molecule has 1 aliphatic rings. The molecule has 0 saturated heterocycles. The molecule has 33 heavy (non-hydrogen) atoms. The lowest BCUT2D eigenvalue weighted by Gasteiger charge is -2.25. The van der Waals surface area contributed by atoms with Gasteiger partial charge in [0.2, 0.25) is 0 Å². The SMILES string of the molecule is COCCOC(=O)C1=C(C)N=c2s/c(=C\c3ccccc3F)c(=O)n2[C@H]1c1ccccc1Cl. The fourth-order valence-electron chi connectivity index (χ4n) is 3.60. The van der Waals surface area contributed by atoms with Crippen LogP contribution >= 0.6 is 22.9 Å². The van der Waals surface area contributed by atoms with Crippen LogP contribution in [0.5, 0.6) is 0 Å². The lowest BCUT2D eigenvalue weighted by molar-refractivity contribution is -0.140. The topological polar surface area (TPSA) is 69.9 Å². The first-order valence-corrected chi connectivity index (χ1v) is 11.3. The fourth-order valence-corrected chi connectivity index (χ4v) is 4.88. The summed E-state index contributed by atoms with van der Waals surface area (Å²) in [5.74, 6) is -1.05. The van der Waals surface area contributed by atoms with Gasteiger partial charge in [-0.2, -0.15) is 0 Å². The summed E-state index contributed by atoms with van der Waals surface area (Å²) in [5.41, 5.74) is 1.07. The quantitative estimate of drug-likeness (QED) is 0.396. The predicted octanol–water partition coefficient (Wildman–Crippen LogP) is 3.22. The number of hydrogen-bond acceptors (Lipinski definition) is 6. The standard InChI is InChI=1S/C24H20ClFN2O4S/c1-14-20(23(30)32-12-11-31-2)21(16-8-4-5-9-17(16)25)28-22(29)19(33-24(28)27-14)13-15-7-3-6-10-18(15)26/h3-10,13,21H,11-12H2,1-2H3/b19-13-/t21-/m0/s1. The third-order valence-electron chi connectivity index (χ3n) is 5.15. The molecule has 3 aromatic rings. The summed E-state index contributed by atoms with van der Waals surface area (Å²) >= 11 is 7.60. The van der Waals surface area contributed by atoms with Gasteiger partial charge in [0, 0.05) is 17.7 Å². The zero-order valence-corrected chi connectivity index (χ0v) is 19.5. The van der Waals surface area contributed by atoms with E-state index in [4.69, 9.17) is 21.1 Å². The van der Waals surface area contributed by atoms with Gasteiger partial charge in [0.25, 0.3) is 5.56 Å². The zero-order chi connectivity index (χ0) is 23.5. The molecule has 0 saturated carbocycles. The highest BCUT2D eigenvalue weighted by molar-refractivity contribution is 7.07. The van der Waals surface area contributed by atoms with E-state index in [1.165, 1.54) is 23.8 Å². The number of halogens is 2. The first-order chi connectivity index (χ1) is 15.9. The van der Waals surface area contributed by atoms with Gasteiger partial charge in [0.15, 0.2) is 4.80 Å². The molecule has 1 atom stereocenters. The van der Waals surface area contributed by atoms with E-state index >= 15 is 0 Å². The van der Waals surface area contributed by atoms with Gasteiger partial charge in [-0.1, -0.05) is 59.3 Å². The van der Waals surface area contributed by atoms with Crippen molar-refractivity contribution in [3.63, 3.8) is 0 Å². The Bertz CT molecular complexity index is 1430. The van der Waals surface area contributed by atoms with Crippen LogP contribution in [0.25, 0.3) is 6.08 Å². The van der Waals surface area contributed by atoms with Crippen LogP contribution in [0.1, 0.15) is 24.1 Å². The predicted molar refractivity (Wildman–Crippen MR) is 124 cm³/mol. The Kier molecular flexibility index (Phi) is 6.88. The largest absolute Gasteiger partial charge is 0.460 e. The van der Waals surface area contributed by atoms with Crippen LogP contribution in [-0.4, -0.2) is 30.9 Å². The molecule has 0 bridgehead atoms. The van der Waals surface area contributed by atoms with Crippen LogP contribution in [-0.2, 0) is 14.3 Å². The maximum atomic E-state index is 14.2. The summed E-state index contributed by atoms with van der Waals surface area (Å²) in [6, 6.07) is 12.3. The number of fused-ring (bicyclic) bond motifs is 1. The number of esters is 1. The molecule has 0 radical (unpaired) electrons. The van der Waals surface area contributed by atoms with E-state index in [2.05, 4.69) is 4.99 Å². The molecule has 0 fully saturated rings. The number of hydrogen-bond donors (Lipinski definition) is 0. The average molecular weight is 487 g/mol. The third-order valence-corrected chi connectivity index (χ3v) is 6.48. The van der Waals surface area contributed by atoms with Crippen molar-refractivity contribution >= 4 is 35.0 Å². The molecule has 0 N–H and O–H groups in total. The Labute approximate surface area is 197 Å². The monoisotopic (exact) mass is 486 g/mol. The van der Waals surface area contributed by atoms with Crippen LogP contribution in [0.2, 0.25) is 5.02 Å². The van der Waals surface area contributed by atoms with Crippen molar-refractivity contribution < 1.29 is 18.7 Å². The molecule has 2 aromatic carbocycles. The van der Waals surface area contributed by atoms with E-state index in [0.29, 0.717) is 21.1 Å². The van der Waals surface area contributed by atoms with Crippen molar-refractivity contribution in [3.8, 4) is 0 Å². The molecule has 4 rings (SSSR count). The number of thiazole rings is 1. The van der Waals surface area contributed by atoms with Gasteiger partial charge >= 0.3 is 5.97 Å². The molecule has 1 aliphatic heterocycles. The van der Waals surface area contributed by atoms with E-state index in [-0.39, 0.29) is 28.9 Å². The van der Waals surface area contributed by atoms with Crippen molar-refractivity contribution in [3.05, 3.63) is 101 Å². The number of aromatic nitrogens is 1. The number of allylic oxidation sites excluding steroid dienone is 1. The fraction of sp³-hybridized carbons (Fsp3) is 0.208. The average Bonchev–Trinajstić information content (AvgIpc) is 3.09. The Balaban J connectivity index is 1.92. The minimum atomic E-state index is -0.840. The van der Waals surface area contributed by atoms with Crippen LogP contribution in [0.15, 0.2) is 69.6 Å². The van der Waals surface area contributed by atoms with E-state index in [9.17, 15) is 14.0 Å². The first kappa shape index (κ1) is 23.1. The number of carbonyl (C=O) groups excluding carboxylic acids is 1. The third kappa shape index (κ3) is 4.55. The van der Waals surface area contributed by atoms with Gasteiger partial charge in [0.05, 0.1) is 22.4 Å². The van der Waals surface area contributed by atoms with Crippen LogP contribution in [0.4, 0.5) is 4.39 Å². The molecular weight excluding hydrogens is 467 g/mol. The van der Waals surface area contributed by atoms with Crippen molar-refractivity contribution in [1.82, 2.24) is 4.57 Å². The van der Waals surface area contributed by atoms with Gasteiger partial charge in [-0.15, -0.1) is 0 Å². The summed E-state index contributed by atoms with van der Waals surface area (Å²) in [6.45, 7) is 1.97. The van der Waals surface area contributed by atoms with Crippen molar-refractivity contribution in [2.75, 3.05) is 20.3 Å². The normalized spacial score (nSPS) is 15.9. The number of nitrogens with zero attached hydrogens (tertiary/aromatic N) is 2. The highest BCUT2D eigenvalue weighted by Crippen LogP contribution is 2.34. The van der Waals surface area contributed by atoms with E-state index in [0.717, 1.165) is 11.3 Å². The Morgan fingerprint density at radius 1 is 1.21 bits per heavy atom. The molecule has 170 valence electrons. The highest BCUT2D eigenvalue weighted by Gasteiger charge is 2.34. The lowest BCUT2D eigenvalue weighted by Crippen LogP contribution is -2.40. The Morgan fingerprint density at radius 2 is 1.94 bits per heavy atom. The summed E-state index contributed by atoms with van der Waals surface area (Å²) in [4.78, 5) is 31.4. The molecule has 0 spiro atoms. The molecule has 9 heteroatoms. The van der Waals surface area contributed by atoms with Crippen molar-refractivity contribution in [2.24, 2.45) is 4.99 Å². The Morgan fingerprint density at radius 3 is 2.67 bits per heavy atom.